The molecule has 300 valence electrons. The maximum atomic E-state index is 12.6. The monoisotopic (exact) mass is 835 g/mol. The Kier molecular flexibility index (Phi) is 16.1. The number of nitrogens with zero attached hydrogens (tertiary/aromatic N) is 4. The Morgan fingerprint density at radius 3 is 2.42 bits per heavy atom. The summed E-state index contributed by atoms with van der Waals surface area (Å²) in [4.78, 5) is 91.8. The molecule has 0 radical (unpaired) electrons. The average molecular weight is 836 g/mol. The largest absolute Gasteiger partial charge is 0.756 e. The number of imidazole rings is 1. The van der Waals surface area contributed by atoms with Crippen molar-refractivity contribution in [2.24, 2.45) is 5.41 Å². The molecule has 53 heavy (non-hydrogen) atoms. The highest BCUT2D eigenvalue weighted by atomic mass is 32.1. The Balaban J connectivity index is 1.66. The van der Waals surface area contributed by atoms with Crippen LogP contribution in [-0.4, -0.2) is 114 Å². The molecule has 8 atom stereocenters. The zero-order valence-electron chi connectivity index (χ0n) is 28.4. The third kappa shape index (κ3) is 13.4. The fourth-order valence-corrected chi connectivity index (χ4v) is 7.51. The van der Waals surface area contributed by atoms with E-state index in [4.69, 9.17) is 4.74 Å². The van der Waals surface area contributed by atoms with Crippen molar-refractivity contribution in [3.8, 4) is 0 Å². The van der Waals surface area contributed by atoms with E-state index in [0.717, 1.165) is 17.2 Å². The fraction of sp³-hybridized carbons (Fsp3) is 0.680. The van der Waals surface area contributed by atoms with Crippen LogP contribution in [0.15, 0.2) is 12.7 Å². The lowest BCUT2D eigenvalue weighted by atomic mass is 9.87. The topological polar surface area (TPSA) is 355 Å². The van der Waals surface area contributed by atoms with Crippen LogP contribution in [0.4, 0.5) is 5.82 Å². The van der Waals surface area contributed by atoms with Crippen molar-refractivity contribution in [1.29, 1.82) is 0 Å². The fourth-order valence-electron chi connectivity index (χ4n) is 4.62. The van der Waals surface area contributed by atoms with E-state index in [2.05, 4.69) is 61.4 Å². The van der Waals surface area contributed by atoms with Crippen LogP contribution < -0.4 is 25.7 Å². The van der Waals surface area contributed by atoms with Crippen molar-refractivity contribution >= 4 is 70.8 Å². The molecule has 7 N–H and O–H groups in total. The molecule has 0 aromatic carbocycles. The van der Waals surface area contributed by atoms with Gasteiger partial charge in [0.2, 0.25) is 17.7 Å². The first-order valence-corrected chi connectivity index (χ1v) is 20.7. The van der Waals surface area contributed by atoms with E-state index in [1.807, 2.05) is 0 Å². The van der Waals surface area contributed by atoms with E-state index in [0.29, 0.717) is 18.7 Å². The lowest BCUT2D eigenvalue weighted by Gasteiger charge is -2.31. The quantitative estimate of drug-likeness (QED) is 0.0509. The Bertz CT molecular complexity index is 1750. The number of carbonyl (C=O) groups excluding carboxylic acids is 3. The number of nitrogens with one attached hydrogen (secondary N) is 3. The molecule has 2 aromatic heterocycles. The normalized spacial score (nSPS) is 23.1. The molecule has 0 aliphatic carbocycles. The van der Waals surface area contributed by atoms with E-state index < -0.39 is 78.6 Å². The predicted molar refractivity (Wildman–Crippen MR) is 178 cm³/mol. The second-order valence-electron chi connectivity index (χ2n) is 12.0. The van der Waals surface area contributed by atoms with Gasteiger partial charge in [0.05, 0.1) is 19.5 Å². The van der Waals surface area contributed by atoms with Gasteiger partial charge in [0, 0.05) is 37.1 Å². The highest BCUT2D eigenvalue weighted by Gasteiger charge is 2.48. The number of phosphoric acid groups is 3. The van der Waals surface area contributed by atoms with Gasteiger partial charge < -0.3 is 59.5 Å². The van der Waals surface area contributed by atoms with E-state index >= 15 is 0 Å². The molecular formula is C25H40N7O17P3S-2. The minimum atomic E-state index is -5.85. The Morgan fingerprint density at radius 2 is 1.77 bits per heavy atom. The number of hydrogen-bond acceptors (Lipinski definition) is 19. The van der Waals surface area contributed by atoms with Gasteiger partial charge in [0.1, 0.15) is 30.7 Å². The number of hydrogen-bond donors (Lipinski definition) is 8. The summed E-state index contributed by atoms with van der Waals surface area (Å²) in [5.41, 5.74) is -1.64. The van der Waals surface area contributed by atoms with E-state index in [1.54, 1.807) is 6.92 Å². The number of thiol groups is 1. The van der Waals surface area contributed by atoms with E-state index in [-0.39, 0.29) is 48.2 Å². The van der Waals surface area contributed by atoms with E-state index in [1.165, 1.54) is 13.8 Å². The lowest BCUT2D eigenvalue weighted by molar-refractivity contribution is -0.229. The van der Waals surface area contributed by atoms with Crippen LogP contribution in [-0.2, 0) is 50.7 Å². The van der Waals surface area contributed by atoms with Crippen molar-refractivity contribution in [1.82, 2.24) is 30.2 Å². The average Bonchev–Trinajstić information content (AvgIpc) is 3.61. The first-order chi connectivity index (χ1) is 24.6. The van der Waals surface area contributed by atoms with Gasteiger partial charge in [-0.15, -0.1) is 0 Å². The SMILES string of the molecule is CCCC(=O)Nc1ncnc2c1ncn2C1OC(COP(=O)([O-])OP(=O)(O)OCC(C)(C)C(O)C(=O)NCCC(=O)NCCS)C(OP(=O)([O-])O)C1O. The zero-order chi connectivity index (χ0) is 39.8. The second-order valence-corrected chi connectivity index (χ2v) is 16.6. The van der Waals surface area contributed by atoms with Crippen molar-refractivity contribution in [3.05, 3.63) is 12.7 Å². The van der Waals surface area contributed by atoms with Crippen LogP contribution in [0.25, 0.3) is 11.2 Å². The number of aliphatic hydroxyl groups is 2. The first kappa shape index (κ1) is 45.0. The van der Waals surface area contributed by atoms with Gasteiger partial charge in [-0.1, -0.05) is 20.8 Å². The molecule has 0 spiro atoms. The Labute approximate surface area is 307 Å². The number of fused-ring (bicyclic) bond motifs is 1. The molecule has 2 aromatic rings. The van der Waals surface area contributed by atoms with Crippen LogP contribution in [0.5, 0.6) is 0 Å². The second kappa shape index (κ2) is 18.9. The number of carbonyl (C=O) groups is 3. The summed E-state index contributed by atoms with van der Waals surface area (Å²) < 4.78 is 61.4. The van der Waals surface area contributed by atoms with Gasteiger partial charge in [-0.3, -0.25) is 32.6 Å². The van der Waals surface area contributed by atoms with Gasteiger partial charge in [-0.2, -0.15) is 12.6 Å². The molecule has 3 amide bonds. The summed E-state index contributed by atoms with van der Waals surface area (Å²) in [6.45, 7) is 2.25. The van der Waals surface area contributed by atoms with Crippen LogP contribution in [0.2, 0.25) is 0 Å². The molecule has 3 rings (SSSR count). The predicted octanol–water partition coefficient (Wildman–Crippen LogP) is -1.77. The molecule has 1 aliphatic heterocycles. The minimum Gasteiger partial charge on any atom is -0.756 e. The van der Waals surface area contributed by atoms with Gasteiger partial charge in [0.25, 0.3) is 15.6 Å². The highest BCUT2D eigenvalue weighted by molar-refractivity contribution is 7.80. The highest BCUT2D eigenvalue weighted by Crippen LogP contribution is 2.59. The molecule has 8 unspecified atom stereocenters. The number of ether oxygens (including phenoxy) is 1. The van der Waals surface area contributed by atoms with Crippen LogP contribution >= 0.6 is 36.1 Å². The Morgan fingerprint density at radius 1 is 1.08 bits per heavy atom. The van der Waals surface area contributed by atoms with Gasteiger partial charge in [-0.05, 0) is 6.42 Å². The number of rotatable bonds is 21. The van der Waals surface area contributed by atoms with Crippen molar-refractivity contribution in [2.45, 2.75) is 70.7 Å². The first-order valence-electron chi connectivity index (χ1n) is 15.6. The standard InChI is InChI=1S/C25H42N7O17P3S/c1-4-5-16(34)31-21-17-22(29-12-28-21)32(13-30-17)24-18(35)19(48-50(38,39)40)14(47-24)10-45-51(41,42)49-52(43,44)46-11-25(2,3)20(36)23(37)27-7-6-15(33)26-8-9-53/h12-14,18-20,24,35-36,53H,4-11H2,1-3H3,(H,26,33)(H,27,37)(H,41,42)(H,43,44)(H2,38,39,40)(H,28,29,31,34)/p-2. The summed E-state index contributed by atoms with van der Waals surface area (Å²) in [7, 11) is -17.0. The molecule has 1 fully saturated rings. The number of phosphoric ester groups is 3. The summed E-state index contributed by atoms with van der Waals surface area (Å²) in [6.07, 6.45) is -6.65. The number of aliphatic hydroxyl groups excluding tert-OH is 2. The summed E-state index contributed by atoms with van der Waals surface area (Å²) in [5.74, 6) is -1.35. The van der Waals surface area contributed by atoms with Crippen molar-refractivity contribution in [2.75, 3.05) is 37.4 Å². The molecule has 3 heterocycles. The zero-order valence-corrected chi connectivity index (χ0v) is 31.9. The molecule has 24 nitrogen and oxygen atoms in total. The summed E-state index contributed by atoms with van der Waals surface area (Å²) in [5, 5.41) is 28.8. The number of aromatic nitrogens is 4. The van der Waals surface area contributed by atoms with Crippen LogP contribution in [0.1, 0.15) is 46.3 Å². The maximum Gasteiger partial charge on any atom is 0.478 e. The molecule has 0 bridgehead atoms. The molecule has 28 heteroatoms. The third-order valence-corrected chi connectivity index (χ3v) is 10.5. The minimum absolute atomic E-state index is 0.00504. The third-order valence-electron chi connectivity index (χ3n) is 7.21. The van der Waals surface area contributed by atoms with Crippen molar-refractivity contribution in [3.63, 3.8) is 0 Å². The van der Waals surface area contributed by atoms with Crippen LogP contribution in [0, 0.1) is 5.41 Å². The lowest BCUT2D eigenvalue weighted by Crippen LogP contribution is -2.46. The molecule has 0 saturated carbocycles. The summed E-state index contributed by atoms with van der Waals surface area (Å²) >= 11 is 3.95. The number of amides is 3. The van der Waals surface area contributed by atoms with Gasteiger partial charge in [0.15, 0.2) is 23.2 Å². The van der Waals surface area contributed by atoms with Gasteiger partial charge in [-0.25, -0.2) is 23.8 Å². The molecular weight excluding hydrogens is 795 g/mol. The van der Waals surface area contributed by atoms with Gasteiger partial charge >= 0.3 is 7.82 Å². The maximum absolute atomic E-state index is 12.6. The molecule has 1 saturated heterocycles. The van der Waals surface area contributed by atoms with Crippen LogP contribution in [0.3, 0.4) is 0 Å². The smallest absolute Gasteiger partial charge is 0.478 e. The Hall–Kier alpha value is -2.44. The number of anilines is 1. The molecule has 1 aliphatic rings. The van der Waals surface area contributed by atoms with E-state index in [9.17, 15) is 57.9 Å². The summed E-state index contributed by atoms with van der Waals surface area (Å²) in [6, 6.07) is 0. The van der Waals surface area contributed by atoms with Crippen molar-refractivity contribution < 1.29 is 80.5 Å².